The van der Waals surface area contributed by atoms with Crippen molar-refractivity contribution in [1.82, 2.24) is 5.32 Å². The second kappa shape index (κ2) is 5.89. The Bertz CT molecular complexity index is 333. The first-order valence-electron chi connectivity index (χ1n) is 5.82. The van der Waals surface area contributed by atoms with E-state index in [0.29, 0.717) is 6.04 Å². The molecule has 16 heavy (non-hydrogen) atoms. The summed E-state index contributed by atoms with van der Waals surface area (Å²) in [5.74, 6) is 2.51. The lowest BCUT2D eigenvalue weighted by Crippen LogP contribution is -2.14. The van der Waals surface area contributed by atoms with Crippen molar-refractivity contribution in [3.8, 4) is 0 Å². The third kappa shape index (κ3) is 2.70. The molecule has 2 rings (SSSR count). The van der Waals surface area contributed by atoms with Crippen molar-refractivity contribution in [2.45, 2.75) is 31.1 Å². The van der Waals surface area contributed by atoms with Gasteiger partial charge < -0.3 is 5.32 Å². The Kier molecular flexibility index (Phi) is 4.50. The molecule has 2 heterocycles. The molecule has 1 aliphatic heterocycles. The number of thiophene rings is 1. The third-order valence-electron chi connectivity index (χ3n) is 3.00. The van der Waals surface area contributed by atoms with Gasteiger partial charge in [-0.2, -0.15) is 11.8 Å². The minimum Gasteiger partial charge on any atom is -0.312 e. The van der Waals surface area contributed by atoms with Crippen LogP contribution in [0.15, 0.2) is 18.7 Å². The molecule has 0 saturated carbocycles. The van der Waals surface area contributed by atoms with Gasteiger partial charge in [-0.05, 0) is 43.7 Å². The van der Waals surface area contributed by atoms with Crippen molar-refractivity contribution in [1.29, 1.82) is 0 Å². The lowest BCUT2D eigenvalue weighted by atomic mass is 10.1. The van der Waals surface area contributed by atoms with Crippen molar-refractivity contribution < 1.29 is 0 Å². The lowest BCUT2D eigenvalue weighted by Gasteiger charge is -2.12. The van der Waals surface area contributed by atoms with Gasteiger partial charge in [0.2, 0.25) is 0 Å². The monoisotopic (exact) mass is 253 g/mol. The van der Waals surface area contributed by atoms with Crippen molar-refractivity contribution in [2.75, 3.05) is 12.8 Å². The van der Waals surface area contributed by atoms with Crippen LogP contribution >= 0.6 is 23.1 Å². The molecule has 3 heteroatoms. The fourth-order valence-corrected chi connectivity index (χ4v) is 4.58. The van der Waals surface area contributed by atoms with Gasteiger partial charge in [-0.25, -0.2) is 0 Å². The summed E-state index contributed by atoms with van der Waals surface area (Å²) in [6, 6.07) is 2.93. The van der Waals surface area contributed by atoms with Gasteiger partial charge >= 0.3 is 0 Å². The molecule has 0 amide bonds. The second-order valence-corrected chi connectivity index (χ2v) is 6.38. The number of nitrogens with one attached hydrogen (secondary N) is 1. The molecular formula is C13H19NS2. The van der Waals surface area contributed by atoms with E-state index in [1.54, 1.807) is 10.4 Å². The van der Waals surface area contributed by atoms with Crippen LogP contribution in [0.4, 0.5) is 0 Å². The van der Waals surface area contributed by atoms with Crippen LogP contribution in [-0.2, 0) is 12.2 Å². The van der Waals surface area contributed by atoms with E-state index in [9.17, 15) is 0 Å². The molecule has 0 spiro atoms. The Balaban J connectivity index is 2.11. The maximum Gasteiger partial charge on any atom is 0.0415 e. The Morgan fingerprint density at radius 1 is 1.62 bits per heavy atom. The highest BCUT2D eigenvalue weighted by atomic mass is 32.2. The molecule has 1 aromatic heterocycles. The maximum absolute atomic E-state index is 3.80. The molecule has 0 saturated heterocycles. The average molecular weight is 253 g/mol. The number of hydrogen-bond donors (Lipinski definition) is 1. The van der Waals surface area contributed by atoms with Gasteiger partial charge in [0, 0.05) is 21.5 Å². The predicted molar refractivity (Wildman–Crippen MR) is 75.4 cm³/mol. The quantitative estimate of drug-likeness (QED) is 0.802. The largest absolute Gasteiger partial charge is 0.312 e. The molecule has 1 aliphatic rings. The van der Waals surface area contributed by atoms with Gasteiger partial charge in [-0.15, -0.1) is 17.9 Å². The maximum atomic E-state index is 3.80. The zero-order valence-corrected chi connectivity index (χ0v) is 11.4. The van der Waals surface area contributed by atoms with E-state index < -0.39 is 0 Å². The number of aryl methyl sites for hydroxylation is 1. The van der Waals surface area contributed by atoms with Crippen molar-refractivity contribution in [2.24, 2.45) is 0 Å². The summed E-state index contributed by atoms with van der Waals surface area (Å²) in [6.45, 7) is 3.80. The Labute approximate surface area is 106 Å². The van der Waals surface area contributed by atoms with Gasteiger partial charge in [0.1, 0.15) is 0 Å². The number of hydrogen-bond acceptors (Lipinski definition) is 3. The summed E-state index contributed by atoms with van der Waals surface area (Å²) < 4.78 is 0. The first-order chi connectivity index (χ1) is 7.85. The SMILES string of the molecule is C=CCCC(NC)c1cc2c(s1)CCSC2. The molecule has 0 radical (unpaired) electrons. The van der Waals surface area contributed by atoms with Crippen LogP contribution in [0.25, 0.3) is 0 Å². The summed E-state index contributed by atoms with van der Waals surface area (Å²) in [7, 11) is 2.06. The summed E-state index contributed by atoms with van der Waals surface area (Å²) in [5.41, 5.74) is 1.58. The number of rotatable bonds is 5. The first-order valence-corrected chi connectivity index (χ1v) is 7.79. The first kappa shape index (κ1) is 12.2. The van der Waals surface area contributed by atoms with Gasteiger partial charge in [-0.1, -0.05) is 6.08 Å². The van der Waals surface area contributed by atoms with Crippen LogP contribution in [0.2, 0.25) is 0 Å². The van der Waals surface area contributed by atoms with E-state index in [4.69, 9.17) is 0 Å². The third-order valence-corrected chi connectivity index (χ3v) is 5.36. The Morgan fingerprint density at radius 3 is 3.19 bits per heavy atom. The summed E-state index contributed by atoms with van der Waals surface area (Å²) in [4.78, 5) is 3.13. The minimum atomic E-state index is 0.513. The normalized spacial score (nSPS) is 16.8. The zero-order valence-electron chi connectivity index (χ0n) is 9.79. The summed E-state index contributed by atoms with van der Waals surface area (Å²) >= 11 is 4.07. The Hall–Kier alpha value is -0.250. The zero-order chi connectivity index (χ0) is 11.4. The molecule has 0 fully saturated rings. The highest BCUT2D eigenvalue weighted by Crippen LogP contribution is 2.35. The lowest BCUT2D eigenvalue weighted by molar-refractivity contribution is 0.563. The van der Waals surface area contributed by atoms with Crippen LogP contribution in [-0.4, -0.2) is 12.8 Å². The van der Waals surface area contributed by atoms with Gasteiger partial charge in [0.05, 0.1) is 0 Å². The van der Waals surface area contributed by atoms with E-state index in [1.165, 1.54) is 22.8 Å². The van der Waals surface area contributed by atoms with E-state index >= 15 is 0 Å². The molecule has 1 nitrogen and oxygen atoms in total. The Morgan fingerprint density at radius 2 is 2.50 bits per heavy atom. The minimum absolute atomic E-state index is 0.513. The van der Waals surface area contributed by atoms with Crippen LogP contribution in [0.1, 0.15) is 34.2 Å². The summed E-state index contributed by atoms with van der Waals surface area (Å²) in [6.07, 6.45) is 5.52. The van der Waals surface area contributed by atoms with Crippen LogP contribution in [0.5, 0.6) is 0 Å². The van der Waals surface area contributed by atoms with Gasteiger partial charge in [0.15, 0.2) is 0 Å². The molecule has 0 aromatic carbocycles. The summed E-state index contributed by atoms with van der Waals surface area (Å²) in [5, 5.41) is 3.42. The smallest absolute Gasteiger partial charge is 0.0415 e. The molecule has 1 N–H and O–H groups in total. The average Bonchev–Trinajstić information content (AvgIpc) is 2.73. The van der Waals surface area contributed by atoms with E-state index in [0.717, 1.165) is 12.8 Å². The van der Waals surface area contributed by atoms with Crippen molar-refractivity contribution in [3.05, 3.63) is 34.0 Å². The van der Waals surface area contributed by atoms with Crippen molar-refractivity contribution >= 4 is 23.1 Å². The highest BCUT2D eigenvalue weighted by molar-refractivity contribution is 7.98. The molecule has 88 valence electrons. The topological polar surface area (TPSA) is 12.0 Å². The molecule has 1 aromatic rings. The fraction of sp³-hybridized carbons (Fsp3) is 0.538. The molecule has 1 atom stereocenters. The predicted octanol–water partition coefficient (Wildman–Crippen LogP) is 3.76. The van der Waals surface area contributed by atoms with Gasteiger partial charge in [-0.3, -0.25) is 0 Å². The molecular weight excluding hydrogens is 234 g/mol. The molecule has 0 bridgehead atoms. The number of fused-ring (bicyclic) bond motifs is 1. The van der Waals surface area contributed by atoms with E-state index in [-0.39, 0.29) is 0 Å². The molecule has 0 aliphatic carbocycles. The van der Waals surface area contributed by atoms with Crippen LogP contribution < -0.4 is 5.32 Å². The highest BCUT2D eigenvalue weighted by Gasteiger charge is 2.17. The number of allylic oxidation sites excluding steroid dienone is 1. The van der Waals surface area contributed by atoms with E-state index in [1.807, 2.05) is 17.4 Å². The fourth-order valence-electron chi connectivity index (χ4n) is 2.06. The molecule has 1 unspecified atom stereocenters. The van der Waals surface area contributed by atoms with Gasteiger partial charge in [0.25, 0.3) is 0 Å². The second-order valence-electron chi connectivity index (χ2n) is 4.11. The standard InChI is InChI=1S/C13H19NS2/c1-3-4-5-11(14-2)13-8-10-9-15-7-6-12(10)16-13/h3,8,11,14H,1,4-7,9H2,2H3. The van der Waals surface area contributed by atoms with E-state index in [2.05, 4.69) is 36.8 Å². The van der Waals surface area contributed by atoms with Crippen molar-refractivity contribution in [3.63, 3.8) is 0 Å². The van der Waals surface area contributed by atoms with Crippen LogP contribution in [0.3, 0.4) is 0 Å². The number of thioether (sulfide) groups is 1. The van der Waals surface area contributed by atoms with Crippen LogP contribution in [0, 0.1) is 0 Å².